The second-order valence-corrected chi connectivity index (χ2v) is 3.86. The highest BCUT2D eigenvalue weighted by atomic mass is 16.5. The van der Waals surface area contributed by atoms with Gasteiger partial charge in [-0.1, -0.05) is 17.8 Å². The Labute approximate surface area is 111 Å². The Morgan fingerprint density at radius 1 is 0.842 bits per heavy atom. The molecule has 5 nitrogen and oxygen atoms in total. The van der Waals surface area contributed by atoms with Gasteiger partial charge >= 0.3 is 0 Å². The molecule has 0 spiro atoms. The highest BCUT2D eigenvalue weighted by Crippen LogP contribution is 2.20. The maximum atomic E-state index is 9.94. The number of benzene rings is 2. The van der Waals surface area contributed by atoms with Gasteiger partial charge in [-0.2, -0.15) is 0 Å². The van der Waals surface area contributed by atoms with Gasteiger partial charge in [0.05, 0.1) is 14.2 Å². The first kappa shape index (κ1) is 13.2. The summed E-state index contributed by atoms with van der Waals surface area (Å²) in [5, 5.41) is 9.91. The fourth-order valence-electron chi connectivity index (χ4n) is 1.58. The van der Waals surface area contributed by atoms with E-state index in [0.717, 1.165) is 11.5 Å². The van der Waals surface area contributed by atoms with E-state index in [2.05, 4.69) is 5.43 Å². The van der Waals surface area contributed by atoms with E-state index < -0.39 is 0 Å². The number of quaternary nitrogens is 1. The summed E-state index contributed by atoms with van der Waals surface area (Å²) in [6.45, 7) is 0. The van der Waals surface area contributed by atoms with Gasteiger partial charge in [0, 0.05) is 12.1 Å². The largest absolute Gasteiger partial charge is 0.497 e. The number of hydrogen-bond donors (Lipinski definition) is 2. The Morgan fingerprint density at radius 3 is 1.79 bits per heavy atom. The molecule has 1 atom stereocenters. The highest BCUT2D eigenvalue weighted by Gasteiger charge is 2.02. The SMILES string of the molecule is COc1ccc([N-][NH+](O)c2ccc(OC)cc2)cc1. The number of rotatable bonds is 5. The lowest BCUT2D eigenvalue weighted by Crippen LogP contribution is -2.99. The van der Waals surface area contributed by atoms with Crippen molar-refractivity contribution < 1.29 is 19.9 Å². The third-order valence-corrected chi connectivity index (χ3v) is 2.66. The molecule has 2 rings (SSSR count). The molecule has 0 aliphatic heterocycles. The Hall–Kier alpha value is -2.24. The van der Waals surface area contributed by atoms with Gasteiger partial charge in [0.15, 0.2) is 5.69 Å². The average Bonchev–Trinajstić information content (AvgIpc) is 2.48. The third kappa shape index (κ3) is 3.37. The molecule has 1 unspecified atom stereocenters. The van der Waals surface area contributed by atoms with Crippen molar-refractivity contribution in [3.63, 3.8) is 0 Å². The van der Waals surface area contributed by atoms with Crippen molar-refractivity contribution in [1.29, 1.82) is 0 Å². The van der Waals surface area contributed by atoms with Crippen molar-refractivity contribution in [2.24, 2.45) is 0 Å². The van der Waals surface area contributed by atoms with Gasteiger partial charge in [-0.05, 0) is 24.3 Å². The Kier molecular flexibility index (Phi) is 4.22. The first-order valence-electron chi connectivity index (χ1n) is 5.79. The topological polar surface area (TPSA) is 57.2 Å². The monoisotopic (exact) mass is 260 g/mol. The van der Waals surface area contributed by atoms with Crippen molar-refractivity contribution in [3.8, 4) is 11.5 Å². The van der Waals surface area contributed by atoms with Gasteiger partial charge < -0.3 is 14.9 Å². The second-order valence-electron chi connectivity index (χ2n) is 3.86. The maximum Gasteiger partial charge on any atom is 0.158 e. The Balaban J connectivity index is 2.04. The standard InChI is InChI=1S/C14H16N2O3/c1-18-13-7-3-11(4-8-13)15-16(17)12-5-9-14(19-2)10-6-12/h3-10,16-17H,1-2H3. The molecule has 0 aliphatic rings. The summed E-state index contributed by atoms with van der Waals surface area (Å²) in [4.78, 5) is 0. The van der Waals surface area contributed by atoms with Crippen LogP contribution < -0.4 is 14.6 Å². The summed E-state index contributed by atoms with van der Waals surface area (Å²) >= 11 is 0. The highest BCUT2D eigenvalue weighted by molar-refractivity contribution is 5.48. The minimum atomic E-state index is -0.0344. The lowest BCUT2D eigenvalue weighted by molar-refractivity contribution is -1.000. The van der Waals surface area contributed by atoms with E-state index in [4.69, 9.17) is 9.47 Å². The first-order valence-corrected chi connectivity index (χ1v) is 5.79. The lowest BCUT2D eigenvalue weighted by atomic mass is 10.3. The smallest absolute Gasteiger partial charge is 0.158 e. The maximum absolute atomic E-state index is 9.94. The zero-order chi connectivity index (χ0) is 13.7. The van der Waals surface area contributed by atoms with Crippen LogP contribution >= 0.6 is 0 Å². The molecule has 100 valence electrons. The van der Waals surface area contributed by atoms with E-state index >= 15 is 0 Å². The molecule has 0 saturated carbocycles. The van der Waals surface area contributed by atoms with Crippen molar-refractivity contribution in [1.82, 2.24) is 0 Å². The van der Waals surface area contributed by atoms with Crippen molar-refractivity contribution in [2.75, 3.05) is 14.2 Å². The third-order valence-electron chi connectivity index (χ3n) is 2.66. The van der Waals surface area contributed by atoms with E-state index in [0.29, 0.717) is 11.4 Å². The number of hydrogen-bond acceptors (Lipinski definition) is 3. The molecule has 0 heterocycles. The van der Waals surface area contributed by atoms with E-state index in [-0.39, 0.29) is 5.17 Å². The molecule has 0 saturated heterocycles. The molecule has 0 aliphatic carbocycles. The zero-order valence-electron chi connectivity index (χ0n) is 10.8. The van der Waals surface area contributed by atoms with Crippen LogP contribution in [0.3, 0.4) is 0 Å². The van der Waals surface area contributed by atoms with E-state index in [1.807, 2.05) is 0 Å². The van der Waals surface area contributed by atoms with Crippen LogP contribution in [0, 0.1) is 0 Å². The van der Waals surface area contributed by atoms with Crippen LogP contribution in [0.25, 0.3) is 5.43 Å². The lowest BCUT2D eigenvalue weighted by Gasteiger charge is -2.24. The predicted octanol–water partition coefficient (Wildman–Crippen LogP) is 2.23. The van der Waals surface area contributed by atoms with E-state index in [1.165, 1.54) is 0 Å². The van der Waals surface area contributed by atoms with Gasteiger partial charge in [-0.15, -0.1) is 0 Å². The van der Waals surface area contributed by atoms with Crippen molar-refractivity contribution in [2.45, 2.75) is 0 Å². The van der Waals surface area contributed by atoms with Gasteiger partial charge in [0.25, 0.3) is 0 Å². The molecule has 0 aromatic heterocycles. The van der Waals surface area contributed by atoms with Crippen LogP contribution in [0.1, 0.15) is 0 Å². The molecule has 2 aromatic carbocycles. The summed E-state index contributed by atoms with van der Waals surface area (Å²) in [6.07, 6.45) is 0. The summed E-state index contributed by atoms with van der Waals surface area (Å²) in [6, 6.07) is 14.2. The van der Waals surface area contributed by atoms with Gasteiger partial charge in [0.2, 0.25) is 0 Å². The minimum Gasteiger partial charge on any atom is -0.497 e. The van der Waals surface area contributed by atoms with Gasteiger partial charge in [0.1, 0.15) is 11.5 Å². The minimum absolute atomic E-state index is 0.0344. The van der Waals surface area contributed by atoms with Crippen LogP contribution in [0.15, 0.2) is 48.5 Å². The summed E-state index contributed by atoms with van der Waals surface area (Å²) in [5.41, 5.74) is 5.43. The van der Waals surface area contributed by atoms with Gasteiger partial charge in [-0.3, -0.25) is 0 Å². The molecular formula is C14H16N2O3. The molecule has 0 bridgehead atoms. The molecule has 19 heavy (non-hydrogen) atoms. The van der Waals surface area contributed by atoms with Crippen molar-refractivity contribution >= 4 is 11.4 Å². The van der Waals surface area contributed by atoms with Crippen LogP contribution in [0.4, 0.5) is 11.4 Å². The molecular weight excluding hydrogens is 244 g/mol. The molecule has 5 heteroatoms. The van der Waals surface area contributed by atoms with Gasteiger partial charge in [-0.25, -0.2) is 10.4 Å². The molecule has 0 amide bonds. The molecule has 2 N–H and O–H groups in total. The zero-order valence-corrected chi connectivity index (χ0v) is 10.8. The number of nitrogens with one attached hydrogen (secondary N) is 1. The van der Waals surface area contributed by atoms with E-state index in [9.17, 15) is 5.21 Å². The van der Waals surface area contributed by atoms with Crippen molar-refractivity contribution in [3.05, 3.63) is 54.0 Å². The summed E-state index contributed by atoms with van der Waals surface area (Å²) in [5.74, 6) is 1.49. The predicted molar refractivity (Wildman–Crippen MR) is 71.4 cm³/mol. The number of ether oxygens (including phenoxy) is 2. The van der Waals surface area contributed by atoms with E-state index in [1.54, 1.807) is 62.8 Å². The summed E-state index contributed by atoms with van der Waals surface area (Å²) < 4.78 is 10.1. The van der Waals surface area contributed by atoms with Crippen LogP contribution in [-0.2, 0) is 0 Å². The fourth-order valence-corrected chi connectivity index (χ4v) is 1.58. The number of nitrogens with zero attached hydrogens (tertiary/aromatic N) is 1. The Morgan fingerprint density at radius 2 is 1.32 bits per heavy atom. The van der Waals surface area contributed by atoms with Crippen LogP contribution in [0.2, 0.25) is 0 Å². The van der Waals surface area contributed by atoms with Crippen LogP contribution in [0.5, 0.6) is 11.5 Å². The molecule has 0 fully saturated rings. The summed E-state index contributed by atoms with van der Waals surface area (Å²) in [7, 11) is 3.20. The molecule has 0 radical (unpaired) electrons. The number of methoxy groups -OCH3 is 2. The first-order chi connectivity index (χ1) is 9.22. The Bertz CT molecular complexity index is 511. The van der Waals surface area contributed by atoms with Crippen LogP contribution in [-0.4, -0.2) is 19.4 Å². The quantitative estimate of drug-likeness (QED) is 0.810. The fraction of sp³-hybridized carbons (Fsp3) is 0.143. The average molecular weight is 260 g/mol. The molecule has 2 aromatic rings. The normalized spacial score (nSPS) is 11.7. The second kappa shape index (κ2) is 6.08.